The van der Waals surface area contributed by atoms with Crippen molar-refractivity contribution in [2.24, 2.45) is 0 Å². The second kappa shape index (κ2) is 8.82. The Bertz CT molecular complexity index is 394. The molecule has 0 saturated heterocycles. The Balaban J connectivity index is 2.41. The Kier molecular flexibility index (Phi) is 7.41. The second-order valence-electron chi connectivity index (χ2n) is 5.35. The maximum atomic E-state index is 5.33. The van der Waals surface area contributed by atoms with E-state index in [-0.39, 0.29) is 0 Å². The Morgan fingerprint density at radius 1 is 1.10 bits per heavy atom. The van der Waals surface area contributed by atoms with Crippen molar-refractivity contribution < 1.29 is 9.47 Å². The van der Waals surface area contributed by atoms with Crippen LogP contribution in [0, 0.1) is 0 Å². The molecule has 0 radical (unpaired) electrons. The van der Waals surface area contributed by atoms with E-state index in [0.29, 0.717) is 6.04 Å². The molecule has 0 fully saturated rings. The van der Waals surface area contributed by atoms with Crippen LogP contribution in [0.25, 0.3) is 0 Å². The fraction of sp³-hybridized carbons (Fsp3) is 0.625. The molecule has 0 aliphatic carbocycles. The maximum Gasteiger partial charge on any atom is 0.160 e. The van der Waals surface area contributed by atoms with Gasteiger partial charge in [0.25, 0.3) is 0 Å². The summed E-state index contributed by atoms with van der Waals surface area (Å²) in [6.07, 6.45) is 1.01. The highest BCUT2D eigenvalue weighted by molar-refractivity contribution is 5.42. The largest absolute Gasteiger partial charge is 0.493 e. The first kappa shape index (κ1) is 16.8. The molecule has 4 heteroatoms. The molecular weight excluding hydrogens is 252 g/mol. The zero-order valence-corrected chi connectivity index (χ0v) is 13.4. The fourth-order valence-corrected chi connectivity index (χ4v) is 2.01. The smallest absolute Gasteiger partial charge is 0.160 e. The third kappa shape index (κ3) is 5.80. The predicted octanol–water partition coefficient (Wildman–Crippen LogP) is 2.18. The highest BCUT2D eigenvalue weighted by Gasteiger charge is 2.05. The molecule has 1 rings (SSSR count). The molecule has 0 saturated carbocycles. The van der Waals surface area contributed by atoms with Crippen LogP contribution in [-0.4, -0.2) is 51.8 Å². The summed E-state index contributed by atoms with van der Waals surface area (Å²) in [5.74, 6) is 1.58. The van der Waals surface area contributed by atoms with Crippen molar-refractivity contribution in [1.29, 1.82) is 0 Å². The number of nitrogens with one attached hydrogen (secondary N) is 1. The minimum absolute atomic E-state index is 0.550. The number of hydrogen-bond acceptors (Lipinski definition) is 4. The first-order valence-electron chi connectivity index (χ1n) is 7.19. The molecule has 114 valence electrons. The van der Waals surface area contributed by atoms with E-state index in [1.54, 1.807) is 14.2 Å². The van der Waals surface area contributed by atoms with Crippen LogP contribution in [0.4, 0.5) is 0 Å². The fourth-order valence-electron chi connectivity index (χ4n) is 2.01. The number of benzene rings is 1. The van der Waals surface area contributed by atoms with E-state index in [2.05, 4.69) is 43.2 Å². The normalized spacial score (nSPS) is 11.2. The summed E-state index contributed by atoms with van der Waals surface area (Å²) < 4.78 is 10.6. The first-order chi connectivity index (χ1) is 9.56. The van der Waals surface area contributed by atoms with Gasteiger partial charge >= 0.3 is 0 Å². The zero-order chi connectivity index (χ0) is 15.0. The van der Waals surface area contributed by atoms with Gasteiger partial charge in [-0.15, -0.1) is 0 Å². The molecule has 0 atom stereocenters. The van der Waals surface area contributed by atoms with Gasteiger partial charge in [-0.2, -0.15) is 0 Å². The van der Waals surface area contributed by atoms with Gasteiger partial charge in [-0.3, -0.25) is 0 Å². The molecule has 0 amide bonds. The topological polar surface area (TPSA) is 33.7 Å². The average molecular weight is 280 g/mol. The summed E-state index contributed by atoms with van der Waals surface area (Å²) in [6.45, 7) is 7.47. The van der Waals surface area contributed by atoms with Gasteiger partial charge in [-0.1, -0.05) is 19.9 Å². The van der Waals surface area contributed by atoms with Crippen LogP contribution in [0.5, 0.6) is 11.5 Å². The number of likely N-dealkylation sites (N-methyl/N-ethyl adjacent to an activating group) is 1. The molecule has 0 unspecified atom stereocenters. The van der Waals surface area contributed by atoms with Gasteiger partial charge in [0.1, 0.15) is 0 Å². The molecule has 20 heavy (non-hydrogen) atoms. The lowest BCUT2D eigenvalue weighted by molar-refractivity contribution is 0.330. The van der Waals surface area contributed by atoms with Gasteiger partial charge in [-0.05, 0) is 31.2 Å². The van der Waals surface area contributed by atoms with Crippen LogP contribution in [-0.2, 0) is 6.42 Å². The molecule has 0 aromatic heterocycles. The van der Waals surface area contributed by atoms with E-state index in [4.69, 9.17) is 9.47 Å². The molecule has 0 aliphatic rings. The number of ether oxygens (including phenoxy) is 2. The predicted molar refractivity (Wildman–Crippen MR) is 83.9 cm³/mol. The summed E-state index contributed by atoms with van der Waals surface area (Å²) >= 11 is 0. The molecule has 4 nitrogen and oxygen atoms in total. The van der Waals surface area contributed by atoms with Gasteiger partial charge in [-0.25, -0.2) is 0 Å². The summed E-state index contributed by atoms with van der Waals surface area (Å²) in [7, 11) is 5.49. The van der Waals surface area contributed by atoms with Gasteiger partial charge in [0.2, 0.25) is 0 Å². The number of methoxy groups -OCH3 is 2. The number of hydrogen-bond donors (Lipinski definition) is 1. The van der Waals surface area contributed by atoms with Crippen molar-refractivity contribution in [2.75, 3.05) is 40.9 Å². The van der Waals surface area contributed by atoms with E-state index < -0.39 is 0 Å². The van der Waals surface area contributed by atoms with Crippen molar-refractivity contribution in [2.45, 2.75) is 26.3 Å². The van der Waals surface area contributed by atoms with Crippen molar-refractivity contribution in [3.8, 4) is 11.5 Å². The summed E-state index contributed by atoms with van der Waals surface area (Å²) in [5.41, 5.74) is 1.27. The molecule has 1 aromatic rings. The summed E-state index contributed by atoms with van der Waals surface area (Å²) in [6, 6.07) is 6.67. The standard InChI is InChI=1S/C16H28N2O2/c1-13(2)17-9-11-18(3)10-8-14-6-7-15(19-4)16(12-14)20-5/h6-7,12-13,17H,8-11H2,1-5H3. The SMILES string of the molecule is COc1ccc(CCN(C)CCNC(C)C)cc1OC. The Hall–Kier alpha value is -1.26. The van der Waals surface area contributed by atoms with Crippen LogP contribution in [0.1, 0.15) is 19.4 Å². The summed E-state index contributed by atoms with van der Waals surface area (Å²) in [5, 5.41) is 3.43. The third-order valence-corrected chi connectivity index (χ3v) is 3.28. The van der Waals surface area contributed by atoms with E-state index >= 15 is 0 Å². The van der Waals surface area contributed by atoms with Crippen molar-refractivity contribution in [3.05, 3.63) is 23.8 Å². The van der Waals surface area contributed by atoms with Crippen LogP contribution < -0.4 is 14.8 Å². The van der Waals surface area contributed by atoms with Gasteiger partial charge in [0, 0.05) is 25.7 Å². The zero-order valence-electron chi connectivity index (χ0n) is 13.4. The number of nitrogens with zero attached hydrogens (tertiary/aromatic N) is 1. The highest BCUT2D eigenvalue weighted by Crippen LogP contribution is 2.27. The number of rotatable bonds is 9. The first-order valence-corrected chi connectivity index (χ1v) is 7.19. The lowest BCUT2D eigenvalue weighted by atomic mass is 10.1. The minimum Gasteiger partial charge on any atom is -0.493 e. The van der Waals surface area contributed by atoms with Crippen LogP contribution in [0.2, 0.25) is 0 Å². The molecule has 0 heterocycles. The molecule has 1 N–H and O–H groups in total. The van der Waals surface area contributed by atoms with Gasteiger partial charge in [0.15, 0.2) is 11.5 Å². The Morgan fingerprint density at radius 2 is 1.80 bits per heavy atom. The van der Waals surface area contributed by atoms with E-state index in [9.17, 15) is 0 Å². The van der Waals surface area contributed by atoms with Crippen LogP contribution in [0.3, 0.4) is 0 Å². The third-order valence-electron chi connectivity index (χ3n) is 3.28. The Labute approximate surface area is 123 Å². The van der Waals surface area contributed by atoms with Crippen LogP contribution in [0.15, 0.2) is 18.2 Å². The molecular formula is C16H28N2O2. The second-order valence-corrected chi connectivity index (χ2v) is 5.35. The lowest BCUT2D eigenvalue weighted by Crippen LogP contribution is -2.33. The molecule has 1 aromatic carbocycles. The van der Waals surface area contributed by atoms with E-state index in [1.807, 2.05) is 6.07 Å². The van der Waals surface area contributed by atoms with Crippen molar-refractivity contribution >= 4 is 0 Å². The minimum atomic E-state index is 0.550. The quantitative estimate of drug-likeness (QED) is 0.752. The lowest BCUT2D eigenvalue weighted by Gasteiger charge is -2.18. The molecule has 0 bridgehead atoms. The highest BCUT2D eigenvalue weighted by atomic mass is 16.5. The van der Waals surface area contributed by atoms with Gasteiger partial charge in [0.05, 0.1) is 14.2 Å². The van der Waals surface area contributed by atoms with Crippen LogP contribution >= 0.6 is 0 Å². The van der Waals surface area contributed by atoms with E-state index in [0.717, 1.165) is 37.6 Å². The molecule has 0 aliphatic heterocycles. The van der Waals surface area contributed by atoms with E-state index in [1.165, 1.54) is 5.56 Å². The summed E-state index contributed by atoms with van der Waals surface area (Å²) in [4.78, 5) is 2.34. The average Bonchev–Trinajstić information content (AvgIpc) is 2.44. The van der Waals surface area contributed by atoms with Crippen molar-refractivity contribution in [1.82, 2.24) is 10.2 Å². The van der Waals surface area contributed by atoms with Crippen molar-refractivity contribution in [3.63, 3.8) is 0 Å². The van der Waals surface area contributed by atoms with Gasteiger partial charge < -0.3 is 19.7 Å². The maximum absolute atomic E-state index is 5.33. The Morgan fingerprint density at radius 3 is 2.40 bits per heavy atom. The monoisotopic (exact) mass is 280 g/mol. The molecule has 0 spiro atoms.